The van der Waals surface area contributed by atoms with Crippen molar-refractivity contribution < 1.29 is 14.3 Å². The molecule has 5 heteroatoms. The molecule has 0 atom stereocenters. The van der Waals surface area contributed by atoms with E-state index < -0.39 is 0 Å². The number of hydrogen-bond acceptors (Lipinski definition) is 3. The number of hydrogen-bond donors (Lipinski definition) is 2. The zero-order chi connectivity index (χ0) is 18.7. The molecule has 0 saturated carbocycles. The minimum Gasteiger partial charge on any atom is -0.457 e. The molecule has 0 fully saturated rings. The molecule has 0 bridgehead atoms. The Labute approximate surface area is 148 Å². The van der Waals surface area contributed by atoms with E-state index in [1.54, 1.807) is 0 Å². The van der Waals surface area contributed by atoms with Crippen molar-refractivity contribution in [3.8, 4) is 11.5 Å². The molecule has 2 aromatic rings. The minimum atomic E-state index is -0.0975. The molecule has 0 heterocycles. The summed E-state index contributed by atoms with van der Waals surface area (Å²) in [6.45, 7) is 10.7. The molecule has 0 aliphatic heterocycles. The molecule has 0 aromatic heterocycles. The number of nitrogens with one attached hydrogen (secondary N) is 2. The molecule has 132 valence electrons. The van der Waals surface area contributed by atoms with Crippen LogP contribution in [0.15, 0.2) is 24.3 Å². The lowest BCUT2D eigenvalue weighted by Crippen LogP contribution is -2.09. The van der Waals surface area contributed by atoms with Crippen LogP contribution < -0.4 is 15.4 Å². The lowest BCUT2D eigenvalue weighted by molar-refractivity contribution is -0.115. The van der Waals surface area contributed by atoms with Crippen LogP contribution in [-0.2, 0) is 9.59 Å². The van der Waals surface area contributed by atoms with Crippen molar-refractivity contribution in [1.82, 2.24) is 0 Å². The third-order valence-corrected chi connectivity index (χ3v) is 3.85. The van der Waals surface area contributed by atoms with Gasteiger partial charge >= 0.3 is 0 Å². The van der Waals surface area contributed by atoms with Gasteiger partial charge in [0.25, 0.3) is 0 Å². The summed E-state index contributed by atoms with van der Waals surface area (Å²) in [6.07, 6.45) is 0. The molecule has 5 nitrogen and oxygen atoms in total. The molecule has 25 heavy (non-hydrogen) atoms. The molecule has 0 radical (unpaired) electrons. The summed E-state index contributed by atoms with van der Waals surface area (Å²) in [6, 6.07) is 7.57. The lowest BCUT2D eigenvalue weighted by atomic mass is 10.1. The summed E-state index contributed by atoms with van der Waals surface area (Å²) in [5, 5.41) is 5.68. The van der Waals surface area contributed by atoms with E-state index in [0.29, 0.717) is 11.5 Å². The number of anilines is 2. The van der Waals surface area contributed by atoms with Crippen molar-refractivity contribution >= 4 is 23.2 Å². The largest absolute Gasteiger partial charge is 0.457 e. The van der Waals surface area contributed by atoms with Crippen molar-refractivity contribution in [2.75, 3.05) is 10.6 Å². The van der Waals surface area contributed by atoms with Gasteiger partial charge in [-0.05, 0) is 74.2 Å². The Morgan fingerprint density at radius 1 is 0.680 bits per heavy atom. The average molecular weight is 340 g/mol. The summed E-state index contributed by atoms with van der Waals surface area (Å²) >= 11 is 0. The van der Waals surface area contributed by atoms with Crippen molar-refractivity contribution in [3.05, 3.63) is 46.5 Å². The lowest BCUT2D eigenvalue weighted by Gasteiger charge is -2.16. The number of aryl methyl sites for hydroxylation is 4. The van der Waals surface area contributed by atoms with E-state index in [1.807, 2.05) is 52.0 Å². The summed E-state index contributed by atoms with van der Waals surface area (Å²) in [5.41, 5.74) is 5.38. The van der Waals surface area contributed by atoms with E-state index in [2.05, 4.69) is 10.6 Å². The van der Waals surface area contributed by atoms with Crippen LogP contribution in [0.5, 0.6) is 11.5 Å². The van der Waals surface area contributed by atoms with Gasteiger partial charge in [0.15, 0.2) is 0 Å². The van der Waals surface area contributed by atoms with Crippen LogP contribution in [0.3, 0.4) is 0 Å². The minimum absolute atomic E-state index is 0.0975. The van der Waals surface area contributed by atoms with Crippen LogP contribution >= 0.6 is 0 Å². The van der Waals surface area contributed by atoms with Gasteiger partial charge in [-0.1, -0.05) is 0 Å². The molecular formula is C20H24N2O3. The number of amides is 2. The first-order valence-corrected chi connectivity index (χ1v) is 8.13. The highest BCUT2D eigenvalue weighted by Gasteiger charge is 2.11. The fourth-order valence-corrected chi connectivity index (χ4v) is 2.85. The van der Waals surface area contributed by atoms with E-state index >= 15 is 0 Å². The highest BCUT2D eigenvalue weighted by molar-refractivity contribution is 5.91. The number of rotatable bonds is 4. The van der Waals surface area contributed by atoms with E-state index in [9.17, 15) is 9.59 Å². The first-order valence-electron chi connectivity index (χ1n) is 8.13. The molecule has 0 aliphatic rings. The van der Waals surface area contributed by atoms with Gasteiger partial charge in [0.2, 0.25) is 11.8 Å². The summed E-state index contributed by atoms with van der Waals surface area (Å²) in [7, 11) is 0. The van der Waals surface area contributed by atoms with E-state index in [1.165, 1.54) is 13.8 Å². The smallest absolute Gasteiger partial charge is 0.221 e. The molecule has 2 amide bonds. The third-order valence-electron chi connectivity index (χ3n) is 3.85. The van der Waals surface area contributed by atoms with Gasteiger partial charge in [0.1, 0.15) is 11.5 Å². The Morgan fingerprint density at radius 3 is 1.20 bits per heavy atom. The van der Waals surface area contributed by atoms with Gasteiger partial charge in [-0.2, -0.15) is 0 Å². The van der Waals surface area contributed by atoms with Gasteiger partial charge in [0, 0.05) is 25.2 Å². The second-order valence-corrected chi connectivity index (χ2v) is 6.33. The maximum Gasteiger partial charge on any atom is 0.221 e. The Morgan fingerprint density at radius 2 is 0.960 bits per heavy atom. The van der Waals surface area contributed by atoms with E-state index in [4.69, 9.17) is 4.74 Å². The van der Waals surface area contributed by atoms with Crippen molar-refractivity contribution in [1.29, 1.82) is 0 Å². The molecule has 0 aliphatic carbocycles. The zero-order valence-corrected chi connectivity index (χ0v) is 15.5. The molecule has 2 rings (SSSR count). The molecule has 2 aromatic carbocycles. The van der Waals surface area contributed by atoms with Crippen LogP contribution in [0.2, 0.25) is 0 Å². The number of ether oxygens (including phenoxy) is 1. The highest BCUT2D eigenvalue weighted by Crippen LogP contribution is 2.32. The van der Waals surface area contributed by atoms with E-state index in [-0.39, 0.29) is 11.8 Å². The molecule has 2 N–H and O–H groups in total. The van der Waals surface area contributed by atoms with Crippen LogP contribution in [-0.4, -0.2) is 11.8 Å². The maximum atomic E-state index is 11.3. The standard InChI is InChI=1S/C20H24N2O3/c1-11-7-17(8-12(2)19(11)21-15(5)23)25-18-9-13(3)20(14(4)10-18)22-16(6)24/h7-10H,1-6H3,(H,21,23)(H,22,24). The van der Waals surface area contributed by atoms with Gasteiger partial charge in [-0.25, -0.2) is 0 Å². The summed E-state index contributed by atoms with van der Waals surface area (Å²) in [5.74, 6) is 1.21. The van der Waals surface area contributed by atoms with Crippen LogP contribution in [0.25, 0.3) is 0 Å². The second-order valence-electron chi connectivity index (χ2n) is 6.33. The molecule has 0 saturated heterocycles. The quantitative estimate of drug-likeness (QED) is 0.853. The normalized spacial score (nSPS) is 10.3. The Balaban J connectivity index is 2.31. The Hall–Kier alpha value is -2.82. The predicted molar refractivity (Wildman–Crippen MR) is 101 cm³/mol. The third kappa shape index (κ3) is 4.59. The first-order chi connectivity index (χ1) is 11.7. The highest BCUT2D eigenvalue weighted by atomic mass is 16.5. The number of carbonyl (C=O) groups is 2. The Kier molecular flexibility index (Phi) is 5.47. The fourth-order valence-electron chi connectivity index (χ4n) is 2.85. The van der Waals surface area contributed by atoms with Crippen molar-refractivity contribution in [2.24, 2.45) is 0 Å². The number of carbonyl (C=O) groups excluding carboxylic acids is 2. The monoisotopic (exact) mass is 340 g/mol. The van der Waals surface area contributed by atoms with Crippen LogP contribution in [0.4, 0.5) is 11.4 Å². The Bertz CT molecular complexity index is 725. The first kappa shape index (κ1) is 18.5. The zero-order valence-electron chi connectivity index (χ0n) is 15.5. The summed E-state index contributed by atoms with van der Waals surface area (Å²) < 4.78 is 6.00. The molecular weight excluding hydrogens is 316 g/mol. The van der Waals surface area contributed by atoms with Crippen molar-refractivity contribution in [3.63, 3.8) is 0 Å². The van der Waals surface area contributed by atoms with Gasteiger partial charge < -0.3 is 15.4 Å². The average Bonchev–Trinajstić information content (AvgIpc) is 2.46. The molecule has 0 unspecified atom stereocenters. The topological polar surface area (TPSA) is 67.4 Å². The maximum absolute atomic E-state index is 11.3. The number of benzene rings is 2. The predicted octanol–water partition coefficient (Wildman–Crippen LogP) is 4.63. The van der Waals surface area contributed by atoms with E-state index in [0.717, 1.165) is 33.6 Å². The van der Waals surface area contributed by atoms with Crippen molar-refractivity contribution in [2.45, 2.75) is 41.5 Å². The SMILES string of the molecule is CC(=O)Nc1c(C)cc(Oc2cc(C)c(NC(C)=O)c(C)c2)cc1C. The molecule has 0 spiro atoms. The summed E-state index contributed by atoms with van der Waals surface area (Å²) in [4.78, 5) is 22.6. The second kappa shape index (κ2) is 7.38. The van der Waals surface area contributed by atoms with Gasteiger partial charge in [-0.15, -0.1) is 0 Å². The fraction of sp³-hybridized carbons (Fsp3) is 0.300. The van der Waals surface area contributed by atoms with Crippen LogP contribution in [0, 0.1) is 27.7 Å². The van der Waals surface area contributed by atoms with Crippen LogP contribution in [0.1, 0.15) is 36.1 Å². The van der Waals surface area contributed by atoms with Gasteiger partial charge in [0.05, 0.1) is 0 Å². The van der Waals surface area contributed by atoms with Gasteiger partial charge in [-0.3, -0.25) is 9.59 Å².